The number of nitrogens with one attached hydrogen (secondary N) is 1. The van der Waals surface area contributed by atoms with Gasteiger partial charge in [-0.2, -0.15) is 0 Å². The van der Waals surface area contributed by atoms with Crippen molar-refractivity contribution in [3.63, 3.8) is 0 Å². The number of aromatic amines is 1. The average molecular weight is 372 g/mol. The molecular weight excluding hydrogens is 356 g/mol. The number of benzene rings is 3. The second-order valence-electron chi connectivity index (χ2n) is 7.14. The molecule has 0 radical (unpaired) electrons. The standard InChI is InChI=1S/C25H16N4/c1-2-6-20-17(4-1)13-23(28-20)18-9-10-21-24(14-18)27-15-25(29-21)19-8-7-16-5-3-11-26-22(16)12-19/h1-15,28H. The van der Waals surface area contributed by atoms with Gasteiger partial charge in [0.1, 0.15) is 0 Å². The number of hydrogen-bond donors (Lipinski definition) is 1. The fourth-order valence-electron chi connectivity index (χ4n) is 3.77. The Morgan fingerprint density at radius 3 is 2.45 bits per heavy atom. The molecule has 0 fully saturated rings. The van der Waals surface area contributed by atoms with E-state index in [-0.39, 0.29) is 0 Å². The summed E-state index contributed by atoms with van der Waals surface area (Å²) in [6, 6.07) is 26.9. The van der Waals surface area contributed by atoms with Crippen molar-refractivity contribution in [1.82, 2.24) is 19.9 Å². The molecule has 29 heavy (non-hydrogen) atoms. The summed E-state index contributed by atoms with van der Waals surface area (Å²) in [5, 5.41) is 2.32. The number of H-pyrrole nitrogens is 1. The van der Waals surface area contributed by atoms with E-state index in [9.17, 15) is 0 Å². The van der Waals surface area contributed by atoms with Gasteiger partial charge in [-0.25, -0.2) is 4.98 Å². The first-order chi connectivity index (χ1) is 14.3. The Labute approximate surface area is 166 Å². The molecule has 1 N–H and O–H groups in total. The summed E-state index contributed by atoms with van der Waals surface area (Å²) in [4.78, 5) is 17.4. The van der Waals surface area contributed by atoms with Crippen LogP contribution in [0.1, 0.15) is 0 Å². The number of rotatable bonds is 2. The maximum Gasteiger partial charge on any atom is 0.0894 e. The van der Waals surface area contributed by atoms with E-state index in [0.717, 1.165) is 50.0 Å². The molecule has 0 amide bonds. The van der Waals surface area contributed by atoms with E-state index in [4.69, 9.17) is 4.98 Å². The molecule has 0 saturated heterocycles. The third-order valence-corrected chi connectivity index (χ3v) is 5.28. The molecule has 0 spiro atoms. The minimum Gasteiger partial charge on any atom is -0.355 e. The summed E-state index contributed by atoms with van der Waals surface area (Å²) in [7, 11) is 0. The molecule has 0 saturated carbocycles. The molecule has 4 heteroatoms. The van der Waals surface area contributed by atoms with Crippen molar-refractivity contribution in [2.75, 3.05) is 0 Å². The van der Waals surface area contributed by atoms with Crippen molar-refractivity contribution < 1.29 is 0 Å². The molecule has 0 bridgehead atoms. The Hall–Kier alpha value is -4.05. The predicted octanol–water partition coefficient (Wildman–Crippen LogP) is 5.99. The van der Waals surface area contributed by atoms with Gasteiger partial charge in [-0.1, -0.05) is 42.5 Å². The van der Waals surface area contributed by atoms with Gasteiger partial charge in [-0.3, -0.25) is 9.97 Å². The van der Waals surface area contributed by atoms with Gasteiger partial charge >= 0.3 is 0 Å². The molecule has 3 aromatic heterocycles. The molecule has 4 nitrogen and oxygen atoms in total. The van der Waals surface area contributed by atoms with Crippen LogP contribution in [0.4, 0.5) is 0 Å². The Morgan fingerprint density at radius 2 is 1.48 bits per heavy atom. The van der Waals surface area contributed by atoms with Crippen LogP contribution in [0.25, 0.3) is 55.4 Å². The maximum atomic E-state index is 4.83. The molecule has 3 aromatic carbocycles. The molecule has 0 unspecified atom stereocenters. The lowest BCUT2D eigenvalue weighted by atomic mass is 10.1. The fraction of sp³-hybridized carbons (Fsp3) is 0. The first-order valence-electron chi connectivity index (χ1n) is 9.54. The van der Waals surface area contributed by atoms with Crippen LogP contribution in [-0.2, 0) is 0 Å². The zero-order chi connectivity index (χ0) is 19.2. The van der Waals surface area contributed by atoms with Gasteiger partial charge in [0.15, 0.2) is 0 Å². The number of fused-ring (bicyclic) bond motifs is 3. The summed E-state index contributed by atoms with van der Waals surface area (Å²) in [5.74, 6) is 0. The number of para-hydroxylation sites is 1. The van der Waals surface area contributed by atoms with Gasteiger partial charge in [0, 0.05) is 39.3 Å². The number of hydrogen-bond acceptors (Lipinski definition) is 3. The number of aromatic nitrogens is 4. The van der Waals surface area contributed by atoms with E-state index in [2.05, 4.69) is 75.6 Å². The number of nitrogens with zero attached hydrogens (tertiary/aromatic N) is 3. The first-order valence-corrected chi connectivity index (χ1v) is 9.54. The first kappa shape index (κ1) is 16.0. The van der Waals surface area contributed by atoms with E-state index in [1.54, 1.807) is 0 Å². The highest BCUT2D eigenvalue weighted by Crippen LogP contribution is 2.28. The van der Waals surface area contributed by atoms with Crippen LogP contribution in [0, 0.1) is 0 Å². The SMILES string of the molecule is c1cnc2cc(-c3cnc4cc(-c5cc6ccccc6[nH]5)ccc4n3)ccc2c1. The van der Waals surface area contributed by atoms with Crippen LogP contribution < -0.4 is 0 Å². The molecular formula is C25H16N4. The largest absolute Gasteiger partial charge is 0.355 e. The van der Waals surface area contributed by atoms with Crippen molar-refractivity contribution in [3.05, 3.63) is 91.3 Å². The highest BCUT2D eigenvalue weighted by Gasteiger charge is 2.08. The smallest absolute Gasteiger partial charge is 0.0894 e. The van der Waals surface area contributed by atoms with E-state index in [1.807, 2.05) is 30.6 Å². The second kappa shape index (κ2) is 6.24. The van der Waals surface area contributed by atoms with Crippen molar-refractivity contribution in [2.24, 2.45) is 0 Å². The molecule has 0 aliphatic carbocycles. The van der Waals surface area contributed by atoms with Crippen LogP contribution >= 0.6 is 0 Å². The van der Waals surface area contributed by atoms with Gasteiger partial charge in [0.25, 0.3) is 0 Å². The van der Waals surface area contributed by atoms with E-state index in [1.165, 1.54) is 5.39 Å². The van der Waals surface area contributed by atoms with Gasteiger partial charge < -0.3 is 4.98 Å². The Morgan fingerprint density at radius 1 is 0.621 bits per heavy atom. The average Bonchev–Trinajstić information content (AvgIpc) is 3.22. The highest BCUT2D eigenvalue weighted by molar-refractivity contribution is 5.89. The highest BCUT2D eigenvalue weighted by atomic mass is 14.8. The quantitative estimate of drug-likeness (QED) is 0.406. The summed E-state index contributed by atoms with van der Waals surface area (Å²) in [5.41, 5.74) is 7.90. The Balaban J connectivity index is 1.42. The van der Waals surface area contributed by atoms with Crippen molar-refractivity contribution in [2.45, 2.75) is 0 Å². The Kier molecular flexibility index (Phi) is 3.43. The van der Waals surface area contributed by atoms with Crippen molar-refractivity contribution in [3.8, 4) is 22.5 Å². The summed E-state index contributed by atoms with van der Waals surface area (Å²) in [6.07, 6.45) is 3.64. The summed E-state index contributed by atoms with van der Waals surface area (Å²) in [6.45, 7) is 0. The molecule has 3 heterocycles. The van der Waals surface area contributed by atoms with E-state index < -0.39 is 0 Å². The van der Waals surface area contributed by atoms with Crippen LogP contribution in [0.2, 0.25) is 0 Å². The molecule has 0 atom stereocenters. The predicted molar refractivity (Wildman–Crippen MR) is 118 cm³/mol. The molecule has 6 rings (SSSR count). The van der Waals surface area contributed by atoms with E-state index in [0.29, 0.717) is 0 Å². The van der Waals surface area contributed by atoms with Crippen LogP contribution in [0.3, 0.4) is 0 Å². The maximum absolute atomic E-state index is 4.83. The molecule has 6 aromatic rings. The van der Waals surface area contributed by atoms with Crippen LogP contribution in [0.15, 0.2) is 91.3 Å². The van der Waals surface area contributed by atoms with Gasteiger partial charge in [0.2, 0.25) is 0 Å². The summed E-state index contributed by atoms with van der Waals surface area (Å²) >= 11 is 0. The van der Waals surface area contributed by atoms with Crippen LogP contribution in [-0.4, -0.2) is 19.9 Å². The van der Waals surface area contributed by atoms with E-state index >= 15 is 0 Å². The number of pyridine rings is 1. The molecule has 136 valence electrons. The lowest BCUT2D eigenvalue weighted by Gasteiger charge is -2.05. The van der Waals surface area contributed by atoms with Crippen molar-refractivity contribution >= 4 is 32.8 Å². The van der Waals surface area contributed by atoms with Gasteiger partial charge in [-0.15, -0.1) is 0 Å². The van der Waals surface area contributed by atoms with Gasteiger partial charge in [0.05, 0.1) is 28.4 Å². The zero-order valence-electron chi connectivity index (χ0n) is 15.5. The van der Waals surface area contributed by atoms with Gasteiger partial charge in [-0.05, 0) is 36.4 Å². The van der Waals surface area contributed by atoms with Crippen molar-refractivity contribution in [1.29, 1.82) is 0 Å². The molecule has 0 aliphatic rings. The zero-order valence-corrected chi connectivity index (χ0v) is 15.5. The third-order valence-electron chi connectivity index (χ3n) is 5.28. The normalized spacial score (nSPS) is 11.4. The fourth-order valence-corrected chi connectivity index (χ4v) is 3.77. The third kappa shape index (κ3) is 2.74. The minimum atomic E-state index is 0.850. The Bertz CT molecular complexity index is 1480. The summed E-state index contributed by atoms with van der Waals surface area (Å²) < 4.78 is 0. The molecule has 0 aliphatic heterocycles. The minimum absolute atomic E-state index is 0.850. The lowest BCUT2D eigenvalue weighted by Crippen LogP contribution is -1.90. The second-order valence-corrected chi connectivity index (χ2v) is 7.14. The lowest BCUT2D eigenvalue weighted by molar-refractivity contribution is 1.29. The van der Waals surface area contributed by atoms with Crippen LogP contribution in [0.5, 0.6) is 0 Å². The monoisotopic (exact) mass is 372 g/mol. The topological polar surface area (TPSA) is 54.5 Å².